The molecular weight excluding hydrogens is 86.0 g/mol. The number of rotatable bonds is 0. The summed E-state index contributed by atoms with van der Waals surface area (Å²) in [6.45, 7) is 0. The highest BCUT2D eigenvalue weighted by Crippen LogP contribution is 1.39. The molecule has 0 amide bonds. The zero-order valence-corrected chi connectivity index (χ0v) is 3.71. The summed E-state index contributed by atoms with van der Waals surface area (Å²) in [4.78, 5) is 8.31. The van der Waals surface area contributed by atoms with Gasteiger partial charge in [-0.05, 0) is 0 Å². The summed E-state index contributed by atoms with van der Waals surface area (Å²) in [5.41, 5.74) is 0. The third-order valence-corrected chi connectivity index (χ3v) is 0. The molecule has 0 atom stereocenters. The van der Waals surface area contributed by atoms with Crippen LogP contribution in [0.5, 0.6) is 0 Å². The van der Waals surface area contributed by atoms with Crippen LogP contribution in [0, 0.1) is 10.1 Å². The second-order valence-corrected chi connectivity index (χ2v) is 0.440. The molecule has 0 aliphatic heterocycles. The van der Waals surface area contributed by atoms with E-state index in [1.807, 2.05) is 0 Å². The monoisotopic (exact) mass is 93.0 g/mol. The molecule has 0 heterocycles. The van der Waals surface area contributed by atoms with Crippen LogP contribution < -0.4 is 0 Å². The molecule has 0 aliphatic rings. The Morgan fingerprint density at radius 2 is 1.67 bits per heavy atom. The summed E-state index contributed by atoms with van der Waals surface area (Å²) < 4.78 is 0. The van der Waals surface area contributed by atoms with Crippen molar-refractivity contribution in [2.24, 2.45) is 0 Å². The standard InChI is InChI=1S/CH3NO2.CH4O/c1-2(3)4;1-2/h1H3;2H,1H3. The molecule has 1 N–H and O–H groups in total. The van der Waals surface area contributed by atoms with Crippen molar-refractivity contribution in [1.29, 1.82) is 0 Å². The minimum atomic E-state index is -0.500. The van der Waals surface area contributed by atoms with Gasteiger partial charge in [0.25, 0.3) is 0 Å². The van der Waals surface area contributed by atoms with Gasteiger partial charge in [-0.3, -0.25) is 10.1 Å². The molecule has 0 fully saturated rings. The highest BCUT2D eigenvalue weighted by Gasteiger charge is 1.57. The second kappa shape index (κ2) is 8.84. The zero-order valence-electron chi connectivity index (χ0n) is 3.71. The van der Waals surface area contributed by atoms with Crippen LogP contribution in [-0.4, -0.2) is 24.2 Å². The maximum Gasteiger partial charge on any atom is 0.194 e. The summed E-state index contributed by atoms with van der Waals surface area (Å²) in [5, 5.41) is 15.8. The number of nitrogens with zero attached hydrogens (tertiary/aromatic N) is 1. The molecule has 0 saturated heterocycles. The van der Waals surface area contributed by atoms with Gasteiger partial charge in [0.2, 0.25) is 0 Å². The SMILES string of the molecule is CO.C[N+](=O)[O-]. The molecule has 0 bridgehead atoms. The van der Waals surface area contributed by atoms with Crippen molar-refractivity contribution in [2.75, 3.05) is 14.2 Å². The van der Waals surface area contributed by atoms with Gasteiger partial charge < -0.3 is 5.11 Å². The van der Waals surface area contributed by atoms with Crippen molar-refractivity contribution < 1.29 is 10.0 Å². The number of hydrogen-bond acceptors (Lipinski definition) is 3. The van der Waals surface area contributed by atoms with E-state index in [4.69, 9.17) is 15.2 Å². The number of hydrogen-bond donors (Lipinski definition) is 1. The van der Waals surface area contributed by atoms with Crippen molar-refractivity contribution in [3.05, 3.63) is 10.1 Å². The van der Waals surface area contributed by atoms with E-state index in [-0.39, 0.29) is 0 Å². The van der Waals surface area contributed by atoms with Crippen LogP contribution in [0.4, 0.5) is 0 Å². The van der Waals surface area contributed by atoms with E-state index in [0.717, 1.165) is 14.2 Å². The van der Waals surface area contributed by atoms with E-state index < -0.39 is 4.92 Å². The largest absolute Gasteiger partial charge is 0.400 e. The maximum atomic E-state index is 8.81. The van der Waals surface area contributed by atoms with Crippen molar-refractivity contribution >= 4 is 0 Å². The van der Waals surface area contributed by atoms with E-state index in [9.17, 15) is 0 Å². The van der Waals surface area contributed by atoms with Gasteiger partial charge in [0.15, 0.2) is 7.05 Å². The highest BCUT2D eigenvalue weighted by molar-refractivity contribution is 3.91. The lowest BCUT2D eigenvalue weighted by Crippen LogP contribution is -1.79. The summed E-state index contributed by atoms with van der Waals surface area (Å²) in [6.07, 6.45) is 0. The Morgan fingerprint density at radius 1 is 1.67 bits per heavy atom. The fraction of sp³-hybridized carbons (Fsp3) is 1.00. The summed E-state index contributed by atoms with van der Waals surface area (Å²) >= 11 is 0. The average molecular weight is 93.1 g/mol. The minimum Gasteiger partial charge on any atom is -0.400 e. The second-order valence-electron chi connectivity index (χ2n) is 0.440. The van der Waals surface area contributed by atoms with Crippen molar-refractivity contribution in [2.45, 2.75) is 0 Å². The van der Waals surface area contributed by atoms with E-state index in [1.165, 1.54) is 0 Å². The Morgan fingerprint density at radius 3 is 1.67 bits per heavy atom. The molecule has 4 nitrogen and oxygen atoms in total. The van der Waals surface area contributed by atoms with Crippen LogP contribution >= 0.6 is 0 Å². The first-order valence-corrected chi connectivity index (χ1v) is 1.26. The van der Waals surface area contributed by atoms with Gasteiger partial charge in [0, 0.05) is 12.0 Å². The zero-order chi connectivity index (χ0) is 5.58. The van der Waals surface area contributed by atoms with Crippen molar-refractivity contribution in [3.63, 3.8) is 0 Å². The molecule has 0 rings (SSSR count). The maximum absolute atomic E-state index is 8.81. The summed E-state index contributed by atoms with van der Waals surface area (Å²) in [6, 6.07) is 0. The van der Waals surface area contributed by atoms with Gasteiger partial charge >= 0.3 is 0 Å². The predicted octanol–water partition coefficient (Wildman–Crippen LogP) is -0.499. The molecule has 0 saturated carbocycles. The lowest BCUT2D eigenvalue weighted by atomic mass is 11.5. The molecule has 38 valence electrons. The normalized spacial score (nSPS) is 5.17. The molecule has 0 spiro atoms. The summed E-state index contributed by atoms with van der Waals surface area (Å²) in [5.74, 6) is 0. The molecule has 0 aromatic carbocycles. The number of aliphatic hydroxyl groups is 1. The fourth-order valence-corrected chi connectivity index (χ4v) is 0. The van der Waals surface area contributed by atoms with Gasteiger partial charge in [-0.15, -0.1) is 0 Å². The lowest BCUT2D eigenvalue weighted by molar-refractivity contribution is -0.445. The molecular formula is C2H7NO3. The molecule has 4 heteroatoms. The van der Waals surface area contributed by atoms with Crippen LogP contribution in [0.25, 0.3) is 0 Å². The van der Waals surface area contributed by atoms with Gasteiger partial charge in [-0.1, -0.05) is 0 Å². The molecule has 0 aromatic rings. The van der Waals surface area contributed by atoms with Crippen LogP contribution in [0.15, 0.2) is 0 Å². The topological polar surface area (TPSA) is 63.4 Å². The molecule has 6 heavy (non-hydrogen) atoms. The molecule has 0 aromatic heterocycles. The van der Waals surface area contributed by atoms with Crippen molar-refractivity contribution in [3.8, 4) is 0 Å². The van der Waals surface area contributed by atoms with Crippen LogP contribution in [0.3, 0.4) is 0 Å². The highest BCUT2D eigenvalue weighted by atomic mass is 16.6. The lowest BCUT2D eigenvalue weighted by Gasteiger charge is -1.63. The van der Waals surface area contributed by atoms with Gasteiger partial charge in [-0.25, -0.2) is 0 Å². The Hall–Kier alpha value is -0.640. The van der Waals surface area contributed by atoms with Gasteiger partial charge in [0.1, 0.15) is 0 Å². The smallest absolute Gasteiger partial charge is 0.194 e. The quantitative estimate of drug-likeness (QED) is 0.324. The first-order chi connectivity index (χ1) is 2.73. The number of nitro groups is 1. The summed E-state index contributed by atoms with van der Waals surface area (Å²) in [7, 11) is 1.89. The van der Waals surface area contributed by atoms with Crippen LogP contribution in [0.2, 0.25) is 0 Å². The van der Waals surface area contributed by atoms with Crippen molar-refractivity contribution in [1.82, 2.24) is 0 Å². The van der Waals surface area contributed by atoms with E-state index in [0.29, 0.717) is 0 Å². The molecule has 0 aliphatic carbocycles. The fourth-order valence-electron chi connectivity index (χ4n) is 0. The minimum absolute atomic E-state index is 0.500. The first-order valence-electron chi connectivity index (χ1n) is 1.26. The first kappa shape index (κ1) is 9.03. The van der Waals surface area contributed by atoms with E-state index >= 15 is 0 Å². The predicted molar refractivity (Wildman–Crippen MR) is 21.1 cm³/mol. The van der Waals surface area contributed by atoms with E-state index in [2.05, 4.69) is 0 Å². The Labute approximate surface area is 35.6 Å². The molecule has 0 unspecified atom stereocenters. The third kappa shape index (κ3) is 45.7. The van der Waals surface area contributed by atoms with Gasteiger partial charge in [-0.2, -0.15) is 0 Å². The third-order valence-electron chi connectivity index (χ3n) is 0. The van der Waals surface area contributed by atoms with Gasteiger partial charge in [0.05, 0.1) is 0 Å². The Kier molecular flexibility index (Phi) is 13.3. The Balaban J connectivity index is 0. The Bertz CT molecular complexity index is 31.8. The molecule has 0 radical (unpaired) electrons. The number of aliphatic hydroxyl groups excluding tert-OH is 1. The average Bonchev–Trinajstić information content (AvgIpc) is 1.41. The van der Waals surface area contributed by atoms with Crippen LogP contribution in [0.1, 0.15) is 0 Å². The van der Waals surface area contributed by atoms with Crippen LogP contribution in [-0.2, 0) is 0 Å². The van der Waals surface area contributed by atoms with E-state index in [1.54, 1.807) is 0 Å².